The van der Waals surface area contributed by atoms with Crippen LogP contribution in [0.15, 0.2) is 4.79 Å². The molecular weight excluding hydrogens is 314 g/mol. The van der Waals surface area contributed by atoms with E-state index in [9.17, 15) is 9.59 Å². The standard InChI is InChI=1S/C16H21N3O3S/c1-10-12-15(23-13(10)14(20)17-7-9-22-2)18-11-6-4-3-5-8-19(11)16(12)21/h3-9H2,1-2H3,(H,17,20). The van der Waals surface area contributed by atoms with Gasteiger partial charge in [0.05, 0.1) is 16.9 Å². The number of nitrogens with one attached hydrogen (secondary N) is 1. The number of aryl methyl sites for hydroxylation is 2. The molecule has 2 aromatic heterocycles. The Morgan fingerprint density at radius 1 is 1.39 bits per heavy atom. The van der Waals surface area contributed by atoms with E-state index in [-0.39, 0.29) is 11.5 Å². The summed E-state index contributed by atoms with van der Waals surface area (Å²) >= 11 is 1.31. The van der Waals surface area contributed by atoms with Crippen molar-refractivity contribution in [1.82, 2.24) is 14.9 Å². The van der Waals surface area contributed by atoms with Crippen LogP contribution in [0.5, 0.6) is 0 Å². The average molecular weight is 335 g/mol. The van der Waals surface area contributed by atoms with Crippen LogP contribution in [0.1, 0.15) is 40.3 Å². The SMILES string of the molecule is COCCNC(=O)c1sc2nc3n(c(=O)c2c1C)CCCCC3. The number of carbonyl (C=O) groups is 1. The molecule has 3 heterocycles. The van der Waals surface area contributed by atoms with Crippen molar-refractivity contribution >= 4 is 27.5 Å². The number of fused-ring (bicyclic) bond motifs is 2. The van der Waals surface area contributed by atoms with Gasteiger partial charge in [-0.2, -0.15) is 0 Å². The van der Waals surface area contributed by atoms with E-state index in [4.69, 9.17) is 4.74 Å². The molecule has 1 aliphatic heterocycles. The summed E-state index contributed by atoms with van der Waals surface area (Å²) in [4.78, 5) is 31.0. The van der Waals surface area contributed by atoms with E-state index in [1.165, 1.54) is 11.3 Å². The molecule has 1 aliphatic rings. The van der Waals surface area contributed by atoms with Gasteiger partial charge >= 0.3 is 0 Å². The first-order valence-corrected chi connectivity index (χ1v) is 8.75. The van der Waals surface area contributed by atoms with Gasteiger partial charge in [-0.15, -0.1) is 11.3 Å². The van der Waals surface area contributed by atoms with Crippen molar-refractivity contribution < 1.29 is 9.53 Å². The number of methoxy groups -OCH3 is 1. The molecule has 0 fully saturated rings. The molecule has 2 aromatic rings. The van der Waals surface area contributed by atoms with Crippen LogP contribution in [0.25, 0.3) is 10.2 Å². The Balaban J connectivity index is 2.03. The van der Waals surface area contributed by atoms with Crippen molar-refractivity contribution in [3.8, 4) is 0 Å². The van der Waals surface area contributed by atoms with Gasteiger partial charge in [0.15, 0.2) is 0 Å². The highest BCUT2D eigenvalue weighted by atomic mass is 32.1. The minimum Gasteiger partial charge on any atom is -0.383 e. The largest absolute Gasteiger partial charge is 0.383 e. The maximum absolute atomic E-state index is 12.8. The van der Waals surface area contributed by atoms with Crippen molar-refractivity contribution in [3.05, 3.63) is 26.6 Å². The molecule has 3 rings (SSSR count). The molecule has 0 bridgehead atoms. The second-order valence-electron chi connectivity index (χ2n) is 5.78. The molecule has 0 saturated carbocycles. The third-order valence-electron chi connectivity index (χ3n) is 4.21. The number of thiophene rings is 1. The van der Waals surface area contributed by atoms with Crippen LogP contribution in [0.4, 0.5) is 0 Å². The monoisotopic (exact) mass is 335 g/mol. The van der Waals surface area contributed by atoms with Gasteiger partial charge in [0, 0.05) is 26.6 Å². The highest BCUT2D eigenvalue weighted by Gasteiger charge is 2.21. The third-order valence-corrected chi connectivity index (χ3v) is 5.39. The van der Waals surface area contributed by atoms with Crippen LogP contribution in [0, 0.1) is 6.92 Å². The average Bonchev–Trinajstić information content (AvgIpc) is 2.71. The normalized spacial score (nSPS) is 14.5. The lowest BCUT2D eigenvalue weighted by atomic mass is 10.2. The number of amides is 1. The summed E-state index contributed by atoms with van der Waals surface area (Å²) in [7, 11) is 1.59. The molecule has 0 unspecified atom stereocenters. The van der Waals surface area contributed by atoms with E-state index >= 15 is 0 Å². The molecule has 0 atom stereocenters. The lowest BCUT2D eigenvalue weighted by molar-refractivity contribution is 0.0940. The number of aromatic nitrogens is 2. The quantitative estimate of drug-likeness (QED) is 0.866. The minimum absolute atomic E-state index is 0.00316. The molecule has 7 heteroatoms. The van der Waals surface area contributed by atoms with Crippen molar-refractivity contribution in [2.45, 2.75) is 39.2 Å². The van der Waals surface area contributed by atoms with Crippen LogP contribution in [0.3, 0.4) is 0 Å². The first-order chi connectivity index (χ1) is 11.1. The molecule has 1 N–H and O–H groups in total. The first kappa shape index (κ1) is 16.1. The number of ether oxygens (including phenoxy) is 1. The molecule has 6 nitrogen and oxygen atoms in total. The highest BCUT2D eigenvalue weighted by Crippen LogP contribution is 2.28. The van der Waals surface area contributed by atoms with Gasteiger partial charge in [-0.05, 0) is 25.3 Å². The molecule has 1 amide bonds. The summed E-state index contributed by atoms with van der Waals surface area (Å²) in [5, 5.41) is 3.41. The zero-order chi connectivity index (χ0) is 16.4. The van der Waals surface area contributed by atoms with Crippen molar-refractivity contribution in [2.24, 2.45) is 0 Å². The predicted octanol–water partition coefficient (Wildman–Crippen LogP) is 1.87. The Kier molecular flexibility index (Phi) is 4.77. The maximum atomic E-state index is 12.8. The van der Waals surface area contributed by atoms with Crippen LogP contribution in [-0.2, 0) is 17.7 Å². The van der Waals surface area contributed by atoms with Gasteiger partial charge in [-0.25, -0.2) is 4.98 Å². The van der Waals surface area contributed by atoms with Gasteiger partial charge in [-0.3, -0.25) is 14.2 Å². The fraction of sp³-hybridized carbons (Fsp3) is 0.562. The maximum Gasteiger partial charge on any atom is 0.262 e. The lowest BCUT2D eigenvalue weighted by Crippen LogP contribution is -2.27. The fourth-order valence-corrected chi connectivity index (χ4v) is 4.08. The number of rotatable bonds is 4. The second kappa shape index (κ2) is 6.80. The molecule has 0 saturated heterocycles. The van der Waals surface area contributed by atoms with Gasteiger partial charge < -0.3 is 10.1 Å². The van der Waals surface area contributed by atoms with E-state index < -0.39 is 0 Å². The summed E-state index contributed by atoms with van der Waals surface area (Å²) < 4.78 is 6.73. The first-order valence-electron chi connectivity index (χ1n) is 7.93. The molecule has 23 heavy (non-hydrogen) atoms. The van der Waals surface area contributed by atoms with Crippen LogP contribution >= 0.6 is 11.3 Å². The Morgan fingerprint density at radius 3 is 3.00 bits per heavy atom. The smallest absolute Gasteiger partial charge is 0.262 e. The molecule has 0 aliphatic carbocycles. The van der Waals surface area contributed by atoms with Crippen LogP contribution in [-0.4, -0.2) is 35.7 Å². The lowest BCUT2D eigenvalue weighted by Gasteiger charge is -2.08. The van der Waals surface area contributed by atoms with E-state index in [2.05, 4.69) is 10.3 Å². The van der Waals surface area contributed by atoms with E-state index in [0.717, 1.165) is 43.6 Å². The van der Waals surface area contributed by atoms with Crippen molar-refractivity contribution in [3.63, 3.8) is 0 Å². The van der Waals surface area contributed by atoms with Gasteiger partial charge in [0.1, 0.15) is 10.7 Å². The molecular formula is C16H21N3O3S. The van der Waals surface area contributed by atoms with Gasteiger partial charge in [0.25, 0.3) is 11.5 Å². The highest BCUT2D eigenvalue weighted by molar-refractivity contribution is 7.20. The number of carbonyl (C=O) groups excluding carboxylic acids is 1. The topological polar surface area (TPSA) is 73.2 Å². The Bertz CT molecular complexity index is 794. The third kappa shape index (κ3) is 3.03. The summed E-state index contributed by atoms with van der Waals surface area (Å²) in [5.41, 5.74) is 0.730. The Hall–Kier alpha value is -1.73. The summed E-state index contributed by atoms with van der Waals surface area (Å²) in [6.45, 7) is 3.47. The predicted molar refractivity (Wildman–Crippen MR) is 90.4 cm³/mol. The van der Waals surface area contributed by atoms with E-state index in [1.54, 1.807) is 11.7 Å². The zero-order valence-electron chi connectivity index (χ0n) is 13.5. The number of nitrogens with zero attached hydrogens (tertiary/aromatic N) is 2. The Morgan fingerprint density at radius 2 is 2.22 bits per heavy atom. The number of hydrogen-bond acceptors (Lipinski definition) is 5. The van der Waals surface area contributed by atoms with Crippen LogP contribution < -0.4 is 10.9 Å². The molecule has 124 valence electrons. The summed E-state index contributed by atoms with van der Waals surface area (Å²) in [6, 6.07) is 0. The fourth-order valence-electron chi connectivity index (χ4n) is 2.97. The molecule has 0 spiro atoms. The Labute approximate surface area is 138 Å². The van der Waals surface area contributed by atoms with Crippen molar-refractivity contribution in [1.29, 1.82) is 0 Å². The minimum atomic E-state index is -0.165. The van der Waals surface area contributed by atoms with Gasteiger partial charge in [0.2, 0.25) is 0 Å². The zero-order valence-corrected chi connectivity index (χ0v) is 14.3. The molecule has 0 radical (unpaired) electrons. The van der Waals surface area contributed by atoms with Gasteiger partial charge in [-0.1, -0.05) is 6.42 Å². The second-order valence-corrected chi connectivity index (χ2v) is 6.78. The summed E-state index contributed by atoms with van der Waals surface area (Å²) in [5.74, 6) is 0.690. The van der Waals surface area contributed by atoms with Crippen LogP contribution in [0.2, 0.25) is 0 Å². The van der Waals surface area contributed by atoms with E-state index in [0.29, 0.717) is 28.2 Å². The van der Waals surface area contributed by atoms with E-state index in [1.807, 2.05) is 6.92 Å². The number of hydrogen-bond donors (Lipinski definition) is 1. The summed E-state index contributed by atoms with van der Waals surface area (Å²) in [6.07, 6.45) is 4.03. The molecule has 0 aromatic carbocycles. The van der Waals surface area contributed by atoms with Crippen molar-refractivity contribution in [2.75, 3.05) is 20.3 Å².